The molecule has 1 N–H and O–H groups in total. The Morgan fingerprint density at radius 2 is 1.84 bits per heavy atom. The monoisotopic (exact) mass is 461 g/mol. The van der Waals surface area contributed by atoms with E-state index in [2.05, 4.69) is 19.6 Å². The molecule has 1 fully saturated rings. The molecule has 168 valence electrons. The Labute approximate surface area is 187 Å². The maximum Gasteiger partial charge on any atom is 0.418 e. The molecule has 0 radical (unpaired) electrons. The number of carbonyl (C=O) groups excluding carboxylic acids is 1. The molecule has 0 bridgehead atoms. The molecular weight excluding hydrogens is 439 g/mol. The number of benzene rings is 2. The first-order chi connectivity index (χ1) is 15.3. The molecule has 1 unspecified atom stereocenters. The fourth-order valence-electron chi connectivity index (χ4n) is 3.68. The van der Waals surface area contributed by atoms with Crippen molar-refractivity contribution < 1.29 is 18.0 Å². The second kappa shape index (κ2) is 9.15. The SMILES string of the molecule is CC1CN(c2nc(Cc3ccccc3)ns2)CCN1C(=O)Nc1ccccc1C(F)(F)F. The fourth-order valence-corrected chi connectivity index (χ4v) is 4.40. The van der Waals surface area contributed by atoms with E-state index < -0.39 is 17.8 Å². The number of urea groups is 1. The Balaban J connectivity index is 1.38. The zero-order valence-electron chi connectivity index (χ0n) is 17.3. The second-order valence-electron chi connectivity index (χ2n) is 7.62. The van der Waals surface area contributed by atoms with Crippen LogP contribution in [-0.4, -0.2) is 46.0 Å². The Kier molecular flexibility index (Phi) is 6.31. The lowest BCUT2D eigenvalue weighted by Crippen LogP contribution is -2.55. The number of alkyl halides is 3. The largest absolute Gasteiger partial charge is 0.418 e. The van der Waals surface area contributed by atoms with Crippen LogP contribution in [-0.2, 0) is 12.6 Å². The van der Waals surface area contributed by atoms with E-state index in [0.29, 0.717) is 26.1 Å². The van der Waals surface area contributed by atoms with Crippen molar-refractivity contribution in [3.63, 3.8) is 0 Å². The van der Waals surface area contributed by atoms with Gasteiger partial charge < -0.3 is 15.1 Å². The van der Waals surface area contributed by atoms with Crippen molar-refractivity contribution in [3.05, 3.63) is 71.5 Å². The van der Waals surface area contributed by atoms with E-state index in [-0.39, 0.29) is 11.7 Å². The summed E-state index contributed by atoms with van der Waals surface area (Å²) in [7, 11) is 0. The molecule has 0 saturated carbocycles. The number of rotatable bonds is 4. The number of aromatic nitrogens is 2. The predicted octanol–water partition coefficient (Wildman–Crippen LogP) is 4.89. The number of para-hydroxylation sites is 1. The molecule has 1 aliphatic rings. The van der Waals surface area contributed by atoms with Gasteiger partial charge in [0.1, 0.15) is 5.82 Å². The molecule has 1 aliphatic heterocycles. The lowest BCUT2D eigenvalue weighted by atomic mass is 10.1. The first kappa shape index (κ1) is 22.1. The molecule has 2 amide bonds. The molecule has 3 aromatic rings. The molecule has 1 atom stereocenters. The Morgan fingerprint density at radius 3 is 2.56 bits per heavy atom. The smallest absolute Gasteiger partial charge is 0.343 e. The second-order valence-corrected chi connectivity index (χ2v) is 8.35. The zero-order chi connectivity index (χ0) is 22.7. The number of anilines is 2. The van der Waals surface area contributed by atoms with Crippen molar-refractivity contribution in [1.29, 1.82) is 0 Å². The van der Waals surface area contributed by atoms with Crippen molar-refractivity contribution in [2.75, 3.05) is 29.9 Å². The number of piperazine rings is 1. The predicted molar refractivity (Wildman–Crippen MR) is 118 cm³/mol. The van der Waals surface area contributed by atoms with E-state index in [4.69, 9.17) is 0 Å². The Bertz CT molecular complexity index is 1070. The fraction of sp³-hybridized carbons (Fsp3) is 0.318. The van der Waals surface area contributed by atoms with Crippen LogP contribution in [0.4, 0.5) is 28.8 Å². The van der Waals surface area contributed by atoms with Gasteiger partial charge in [-0.25, -0.2) is 9.78 Å². The highest BCUT2D eigenvalue weighted by Crippen LogP contribution is 2.34. The van der Waals surface area contributed by atoms with Gasteiger partial charge in [-0.15, -0.1) is 0 Å². The van der Waals surface area contributed by atoms with Crippen molar-refractivity contribution >= 4 is 28.4 Å². The molecule has 10 heteroatoms. The van der Waals surface area contributed by atoms with Crippen LogP contribution in [0.3, 0.4) is 0 Å². The summed E-state index contributed by atoms with van der Waals surface area (Å²) in [6.45, 7) is 3.29. The van der Waals surface area contributed by atoms with Gasteiger partial charge in [0, 0.05) is 43.6 Å². The van der Waals surface area contributed by atoms with E-state index in [1.54, 1.807) is 4.90 Å². The van der Waals surface area contributed by atoms with Crippen molar-refractivity contribution in [2.45, 2.75) is 25.6 Å². The summed E-state index contributed by atoms with van der Waals surface area (Å²) in [5.74, 6) is 0.743. The summed E-state index contributed by atoms with van der Waals surface area (Å²) in [4.78, 5) is 21.0. The van der Waals surface area contributed by atoms with Gasteiger partial charge in [0.05, 0.1) is 11.3 Å². The van der Waals surface area contributed by atoms with Gasteiger partial charge in [0.15, 0.2) is 0 Å². The lowest BCUT2D eigenvalue weighted by Gasteiger charge is -2.39. The summed E-state index contributed by atoms with van der Waals surface area (Å²) < 4.78 is 44.1. The molecule has 1 saturated heterocycles. The molecule has 32 heavy (non-hydrogen) atoms. The maximum atomic E-state index is 13.2. The van der Waals surface area contributed by atoms with Gasteiger partial charge >= 0.3 is 12.2 Å². The first-order valence-electron chi connectivity index (χ1n) is 10.2. The maximum absolute atomic E-state index is 13.2. The van der Waals surface area contributed by atoms with Crippen molar-refractivity contribution in [3.8, 4) is 0 Å². The van der Waals surface area contributed by atoms with Crippen LogP contribution in [0, 0.1) is 0 Å². The minimum atomic E-state index is -4.54. The quantitative estimate of drug-likeness (QED) is 0.601. The summed E-state index contributed by atoms with van der Waals surface area (Å²) in [6.07, 6.45) is -3.89. The van der Waals surface area contributed by atoms with Crippen LogP contribution in [0.25, 0.3) is 0 Å². The average Bonchev–Trinajstić information content (AvgIpc) is 3.22. The summed E-state index contributed by atoms with van der Waals surface area (Å²) >= 11 is 1.32. The highest BCUT2D eigenvalue weighted by molar-refractivity contribution is 7.09. The summed E-state index contributed by atoms with van der Waals surface area (Å²) in [5, 5.41) is 3.21. The Hall–Kier alpha value is -3.14. The minimum Gasteiger partial charge on any atom is -0.343 e. The molecule has 1 aromatic heterocycles. The zero-order valence-corrected chi connectivity index (χ0v) is 18.2. The van der Waals surface area contributed by atoms with Gasteiger partial charge in [0.2, 0.25) is 5.13 Å². The van der Waals surface area contributed by atoms with Gasteiger partial charge in [-0.2, -0.15) is 17.5 Å². The number of halogens is 3. The Morgan fingerprint density at radius 1 is 1.12 bits per heavy atom. The number of carbonyl (C=O) groups is 1. The van der Waals surface area contributed by atoms with E-state index in [1.165, 1.54) is 29.7 Å². The number of nitrogens with one attached hydrogen (secondary N) is 1. The van der Waals surface area contributed by atoms with Gasteiger partial charge in [-0.3, -0.25) is 0 Å². The van der Waals surface area contributed by atoms with Gasteiger partial charge in [0.25, 0.3) is 0 Å². The number of amides is 2. The third-order valence-corrected chi connectivity index (χ3v) is 6.11. The summed E-state index contributed by atoms with van der Waals surface area (Å²) in [5.41, 5.74) is 0.0274. The normalized spacial score (nSPS) is 16.8. The van der Waals surface area contributed by atoms with E-state index in [1.807, 2.05) is 37.3 Å². The van der Waals surface area contributed by atoms with Crippen LogP contribution in [0.2, 0.25) is 0 Å². The van der Waals surface area contributed by atoms with Crippen LogP contribution >= 0.6 is 11.5 Å². The third-order valence-electron chi connectivity index (χ3n) is 5.30. The number of hydrogen-bond acceptors (Lipinski definition) is 5. The summed E-state index contributed by atoms with van der Waals surface area (Å²) in [6, 6.07) is 14.2. The van der Waals surface area contributed by atoms with Gasteiger partial charge in [-0.05, 0) is 24.6 Å². The van der Waals surface area contributed by atoms with Crippen LogP contribution in [0.5, 0.6) is 0 Å². The molecule has 2 heterocycles. The molecule has 2 aromatic carbocycles. The van der Waals surface area contributed by atoms with E-state index >= 15 is 0 Å². The molecular formula is C22H22F3N5OS. The third kappa shape index (κ3) is 5.01. The average molecular weight is 462 g/mol. The topological polar surface area (TPSA) is 61.4 Å². The molecule has 0 spiro atoms. The van der Waals surface area contributed by atoms with E-state index in [0.717, 1.165) is 22.6 Å². The highest BCUT2D eigenvalue weighted by Gasteiger charge is 2.35. The van der Waals surface area contributed by atoms with Crippen molar-refractivity contribution in [2.24, 2.45) is 0 Å². The van der Waals surface area contributed by atoms with Crippen molar-refractivity contribution in [1.82, 2.24) is 14.3 Å². The van der Waals surface area contributed by atoms with E-state index in [9.17, 15) is 18.0 Å². The van der Waals surface area contributed by atoms with Crippen LogP contribution < -0.4 is 10.2 Å². The van der Waals surface area contributed by atoms with Crippen LogP contribution in [0.1, 0.15) is 23.9 Å². The lowest BCUT2D eigenvalue weighted by molar-refractivity contribution is -0.136. The molecule has 4 rings (SSSR count). The van der Waals surface area contributed by atoms with Crippen LogP contribution in [0.15, 0.2) is 54.6 Å². The standard InChI is InChI=1S/C22H22F3N5OS/c1-15-14-29(21-27-19(28-32-21)13-16-7-3-2-4-8-16)11-12-30(15)20(31)26-18-10-6-5-9-17(18)22(23,24)25/h2-10,15H,11-14H2,1H3,(H,26,31). The minimum absolute atomic E-state index is 0.205. The first-order valence-corrected chi connectivity index (χ1v) is 10.9. The van der Waals surface area contributed by atoms with Gasteiger partial charge in [-0.1, -0.05) is 42.5 Å². The highest BCUT2D eigenvalue weighted by atomic mass is 32.1. The molecule has 6 nitrogen and oxygen atoms in total. The number of hydrogen-bond donors (Lipinski definition) is 1. The molecule has 0 aliphatic carbocycles. The number of nitrogens with zero attached hydrogens (tertiary/aromatic N) is 4.